The van der Waals surface area contributed by atoms with Gasteiger partial charge in [-0.2, -0.15) is 0 Å². The van der Waals surface area contributed by atoms with Gasteiger partial charge in [0.05, 0.1) is 0 Å². The summed E-state index contributed by atoms with van der Waals surface area (Å²) in [4.78, 5) is 2.35. The van der Waals surface area contributed by atoms with Crippen LogP contribution in [0.15, 0.2) is 30.3 Å². The third-order valence-corrected chi connectivity index (χ3v) is 4.26. The van der Waals surface area contributed by atoms with E-state index in [1.165, 1.54) is 34.2 Å². The zero-order valence-electron chi connectivity index (χ0n) is 12.8. The molecule has 112 valence electrons. The Morgan fingerprint density at radius 1 is 1.14 bits per heavy atom. The Balaban J connectivity index is 1.66. The van der Waals surface area contributed by atoms with Crippen molar-refractivity contribution in [2.45, 2.75) is 39.3 Å². The lowest BCUT2D eigenvalue weighted by Crippen LogP contribution is -2.26. The van der Waals surface area contributed by atoms with Gasteiger partial charge in [0.2, 0.25) is 0 Å². The summed E-state index contributed by atoms with van der Waals surface area (Å²) in [7, 11) is 0. The van der Waals surface area contributed by atoms with Gasteiger partial charge in [-0.1, -0.05) is 18.2 Å². The maximum absolute atomic E-state index is 4.54. The fourth-order valence-corrected chi connectivity index (χ4v) is 2.68. The van der Waals surface area contributed by atoms with E-state index in [2.05, 4.69) is 57.6 Å². The molecule has 0 bridgehead atoms. The molecule has 2 aromatic heterocycles. The molecular weight excluding hydrogens is 276 g/mol. The number of anilines is 1. The van der Waals surface area contributed by atoms with Crippen LogP contribution in [0.3, 0.4) is 0 Å². The number of hydrogen-bond donors (Lipinski definition) is 0. The van der Waals surface area contributed by atoms with E-state index in [1.54, 1.807) is 0 Å². The van der Waals surface area contributed by atoms with Crippen molar-refractivity contribution in [3.8, 4) is 0 Å². The van der Waals surface area contributed by atoms with Crippen molar-refractivity contribution in [2.75, 3.05) is 4.90 Å². The van der Waals surface area contributed by atoms with Crippen LogP contribution in [0, 0.1) is 13.8 Å². The number of rotatable bonds is 4. The second kappa shape index (κ2) is 5.05. The van der Waals surface area contributed by atoms with Crippen LogP contribution < -0.4 is 4.90 Å². The van der Waals surface area contributed by atoms with Gasteiger partial charge in [-0.05, 0) is 65.9 Å². The van der Waals surface area contributed by atoms with Gasteiger partial charge in [0.1, 0.15) is 0 Å². The van der Waals surface area contributed by atoms with Crippen LogP contribution >= 0.6 is 0 Å². The standard InChI is InChI=1S/C16H18N6/c1-11-3-4-13(9-12(11)2)10-21(14-5-6-14)16-8-7-15-17-19-20-22(15)18-16/h3-4,7-9,14H,5-6,10H2,1-2H3. The van der Waals surface area contributed by atoms with E-state index in [4.69, 9.17) is 0 Å². The molecule has 0 N–H and O–H groups in total. The summed E-state index contributed by atoms with van der Waals surface area (Å²) in [5, 5.41) is 16.0. The Kier molecular flexibility index (Phi) is 3.03. The smallest absolute Gasteiger partial charge is 0.200 e. The number of aryl methyl sites for hydroxylation is 2. The highest BCUT2D eigenvalue weighted by molar-refractivity contribution is 5.47. The van der Waals surface area contributed by atoms with E-state index in [0.29, 0.717) is 11.7 Å². The zero-order chi connectivity index (χ0) is 15.1. The molecule has 2 heterocycles. The van der Waals surface area contributed by atoms with Crippen molar-refractivity contribution in [3.63, 3.8) is 0 Å². The second-order valence-electron chi connectivity index (χ2n) is 6.00. The molecule has 1 aliphatic rings. The lowest BCUT2D eigenvalue weighted by molar-refractivity contribution is 0.699. The third kappa shape index (κ3) is 2.41. The van der Waals surface area contributed by atoms with Gasteiger partial charge < -0.3 is 4.90 Å². The number of nitrogens with zero attached hydrogens (tertiary/aromatic N) is 6. The fourth-order valence-electron chi connectivity index (χ4n) is 2.68. The minimum Gasteiger partial charge on any atom is -0.348 e. The third-order valence-electron chi connectivity index (χ3n) is 4.26. The molecule has 0 atom stereocenters. The first kappa shape index (κ1) is 13.2. The van der Waals surface area contributed by atoms with Crippen LogP contribution in [-0.4, -0.2) is 31.3 Å². The van der Waals surface area contributed by atoms with Crippen LogP contribution in [0.1, 0.15) is 29.5 Å². The van der Waals surface area contributed by atoms with Crippen LogP contribution in [0.5, 0.6) is 0 Å². The molecule has 0 aliphatic heterocycles. The van der Waals surface area contributed by atoms with E-state index in [-0.39, 0.29) is 0 Å². The van der Waals surface area contributed by atoms with Crippen LogP contribution in [0.25, 0.3) is 5.65 Å². The van der Waals surface area contributed by atoms with Crippen molar-refractivity contribution in [2.24, 2.45) is 0 Å². The summed E-state index contributed by atoms with van der Waals surface area (Å²) in [6.45, 7) is 5.17. The Morgan fingerprint density at radius 3 is 2.77 bits per heavy atom. The molecule has 22 heavy (non-hydrogen) atoms. The van der Waals surface area contributed by atoms with E-state index >= 15 is 0 Å². The summed E-state index contributed by atoms with van der Waals surface area (Å²) in [5.41, 5.74) is 4.64. The number of fused-ring (bicyclic) bond motifs is 1. The fraction of sp³-hybridized carbons (Fsp3) is 0.375. The largest absolute Gasteiger partial charge is 0.348 e. The topological polar surface area (TPSA) is 59.2 Å². The molecule has 0 amide bonds. The zero-order valence-corrected chi connectivity index (χ0v) is 12.8. The molecule has 1 aliphatic carbocycles. The minimum atomic E-state index is 0.572. The highest BCUT2D eigenvalue weighted by atomic mass is 15.6. The van der Waals surface area contributed by atoms with Gasteiger partial charge in [-0.25, -0.2) is 0 Å². The van der Waals surface area contributed by atoms with E-state index < -0.39 is 0 Å². The van der Waals surface area contributed by atoms with Crippen LogP contribution in [0.4, 0.5) is 5.82 Å². The van der Waals surface area contributed by atoms with Crippen molar-refractivity contribution in [1.29, 1.82) is 0 Å². The maximum atomic E-state index is 4.54. The monoisotopic (exact) mass is 294 g/mol. The van der Waals surface area contributed by atoms with Crippen molar-refractivity contribution in [3.05, 3.63) is 47.0 Å². The number of benzene rings is 1. The summed E-state index contributed by atoms with van der Waals surface area (Å²) >= 11 is 0. The summed E-state index contributed by atoms with van der Waals surface area (Å²) in [5.74, 6) is 0.931. The molecule has 0 saturated heterocycles. The average Bonchev–Trinajstić information content (AvgIpc) is 3.25. The molecule has 6 nitrogen and oxygen atoms in total. The maximum Gasteiger partial charge on any atom is 0.200 e. The second-order valence-corrected chi connectivity index (χ2v) is 6.00. The van der Waals surface area contributed by atoms with Gasteiger partial charge >= 0.3 is 0 Å². The molecule has 1 fully saturated rings. The minimum absolute atomic E-state index is 0.572. The SMILES string of the molecule is Cc1ccc(CN(c2ccc3nnnn3n2)C2CC2)cc1C. The molecule has 4 rings (SSSR count). The van der Waals surface area contributed by atoms with E-state index in [9.17, 15) is 0 Å². The van der Waals surface area contributed by atoms with Crippen LogP contribution in [0.2, 0.25) is 0 Å². The molecule has 3 aromatic rings. The summed E-state index contributed by atoms with van der Waals surface area (Å²) in [6.07, 6.45) is 2.44. The van der Waals surface area contributed by atoms with Crippen molar-refractivity contribution in [1.82, 2.24) is 25.3 Å². The van der Waals surface area contributed by atoms with E-state index in [0.717, 1.165) is 12.4 Å². The predicted molar refractivity (Wildman–Crippen MR) is 83.7 cm³/mol. The Bertz CT molecular complexity index is 820. The van der Waals surface area contributed by atoms with Gasteiger partial charge in [0.25, 0.3) is 0 Å². The first-order valence-corrected chi connectivity index (χ1v) is 7.59. The highest BCUT2D eigenvalue weighted by Gasteiger charge is 2.30. The molecule has 0 unspecified atom stereocenters. The lowest BCUT2D eigenvalue weighted by atomic mass is 10.1. The number of hydrogen-bond acceptors (Lipinski definition) is 5. The molecular formula is C16H18N6. The lowest BCUT2D eigenvalue weighted by Gasteiger charge is -2.23. The average molecular weight is 294 g/mol. The number of tetrazole rings is 1. The van der Waals surface area contributed by atoms with Gasteiger partial charge in [-0.15, -0.1) is 14.8 Å². The Labute approximate surface area is 128 Å². The molecule has 1 aromatic carbocycles. The summed E-state index contributed by atoms with van der Waals surface area (Å²) in [6, 6.07) is 11.1. The van der Waals surface area contributed by atoms with E-state index in [1.807, 2.05) is 12.1 Å². The van der Waals surface area contributed by atoms with Crippen molar-refractivity contribution >= 4 is 11.5 Å². The predicted octanol–water partition coefficient (Wildman–Crippen LogP) is 2.31. The van der Waals surface area contributed by atoms with Gasteiger partial charge in [-0.3, -0.25) is 0 Å². The normalized spacial score (nSPS) is 14.5. The summed E-state index contributed by atoms with van der Waals surface area (Å²) < 4.78 is 1.49. The molecule has 0 radical (unpaired) electrons. The van der Waals surface area contributed by atoms with Crippen molar-refractivity contribution < 1.29 is 0 Å². The highest BCUT2D eigenvalue weighted by Crippen LogP contribution is 2.32. The van der Waals surface area contributed by atoms with Gasteiger partial charge in [0.15, 0.2) is 11.5 Å². The molecule has 1 saturated carbocycles. The Morgan fingerprint density at radius 2 is 2.00 bits per heavy atom. The van der Waals surface area contributed by atoms with Gasteiger partial charge in [0, 0.05) is 12.6 Å². The first-order valence-electron chi connectivity index (χ1n) is 7.59. The molecule has 6 heteroatoms. The number of aromatic nitrogens is 5. The molecule has 0 spiro atoms. The first-order chi connectivity index (χ1) is 10.7. The quantitative estimate of drug-likeness (QED) is 0.739. The van der Waals surface area contributed by atoms with Crippen LogP contribution in [-0.2, 0) is 6.54 Å². The Hall–Kier alpha value is -2.50.